The van der Waals surface area contributed by atoms with Gasteiger partial charge in [0.15, 0.2) is 0 Å². The number of amides is 2. The van der Waals surface area contributed by atoms with Gasteiger partial charge in [0, 0.05) is 12.1 Å². The molecule has 0 radical (unpaired) electrons. The van der Waals surface area contributed by atoms with Crippen LogP contribution in [0, 0.1) is 0 Å². The van der Waals surface area contributed by atoms with E-state index in [-0.39, 0.29) is 34.3 Å². The Balaban J connectivity index is 2.08. The number of anilines is 2. The summed E-state index contributed by atoms with van der Waals surface area (Å²) in [6.45, 7) is 0. The Hall–Kier alpha value is -1.80. The maximum Gasteiger partial charge on any atom is 0.260 e. The molecule has 2 aliphatic rings. The highest BCUT2D eigenvalue weighted by molar-refractivity contribution is 7.19. The van der Waals surface area contributed by atoms with Crippen LogP contribution >= 0.6 is 11.3 Å². The molecular formula is C13H18N4O3S. The Morgan fingerprint density at radius 1 is 1.14 bits per heavy atom. The molecule has 114 valence electrons. The minimum absolute atomic E-state index is 0.0699. The molecule has 2 bridgehead atoms. The minimum Gasteiger partial charge on any atom is -0.397 e. The lowest BCUT2D eigenvalue weighted by Crippen LogP contribution is -2.45. The fraction of sp³-hybridized carbons (Fsp3) is 0.538. The fourth-order valence-electron chi connectivity index (χ4n) is 3.51. The second kappa shape index (κ2) is 4.88. The standard InChI is InChI=1S/C13H18N4O3S/c14-9-8(11(15)19)13(21-10(9)12(16)20)17-5-1-2-6(17)4-7(18)3-5/h5-7,18H,1-4,14H2,(H2,15,19)(H2,16,20). The van der Waals surface area contributed by atoms with E-state index in [4.69, 9.17) is 17.2 Å². The number of fused-ring (bicyclic) bond motifs is 2. The zero-order valence-corrected chi connectivity index (χ0v) is 12.2. The Morgan fingerprint density at radius 2 is 1.71 bits per heavy atom. The first kappa shape index (κ1) is 14.2. The van der Waals surface area contributed by atoms with E-state index >= 15 is 0 Å². The zero-order chi connectivity index (χ0) is 15.3. The Morgan fingerprint density at radius 3 is 2.19 bits per heavy atom. The van der Waals surface area contributed by atoms with E-state index in [1.165, 1.54) is 0 Å². The number of aliphatic hydroxyl groups excluding tert-OH is 1. The van der Waals surface area contributed by atoms with Crippen molar-refractivity contribution in [3.05, 3.63) is 10.4 Å². The fourth-order valence-corrected chi connectivity index (χ4v) is 4.74. The number of primary amides is 2. The number of carbonyl (C=O) groups is 2. The molecule has 7 nitrogen and oxygen atoms in total. The van der Waals surface area contributed by atoms with Crippen molar-refractivity contribution < 1.29 is 14.7 Å². The van der Waals surface area contributed by atoms with Gasteiger partial charge < -0.3 is 27.2 Å². The first-order valence-corrected chi connectivity index (χ1v) is 7.70. The van der Waals surface area contributed by atoms with E-state index in [0.717, 1.165) is 24.2 Å². The van der Waals surface area contributed by atoms with Crippen molar-refractivity contribution >= 4 is 33.8 Å². The van der Waals surface area contributed by atoms with Crippen molar-refractivity contribution in [1.82, 2.24) is 0 Å². The van der Waals surface area contributed by atoms with E-state index in [2.05, 4.69) is 4.90 Å². The van der Waals surface area contributed by atoms with Crippen LogP contribution in [0.1, 0.15) is 45.7 Å². The molecule has 0 spiro atoms. The average Bonchev–Trinajstić information content (AvgIpc) is 2.84. The number of rotatable bonds is 3. The van der Waals surface area contributed by atoms with Crippen LogP contribution in [0.3, 0.4) is 0 Å². The number of hydrogen-bond donors (Lipinski definition) is 4. The van der Waals surface area contributed by atoms with Crippen molar-refractivity contribution in [1.29, 1.82) is 0 Å². The van der Waals surface area contributed by atoms with Gasteiger partial charge in [0.05, 0.1) is 17.4 Å². The molecule has 2 fully saturated rings. The Kier molecular flexibility index (Phi) is 3.29. The van der Waals surface area contributed by atoms with E-state index < -0.39 is 11.8 Å². The lowest BCUT2D eigenvalue weighted by molar-refractivity contribution is 0.0998. The van der Waals surface area contributed by atoms with Crippen molar-refractivity contribution in [3.63, 3.8) is 0 Å². The Labute approximate surface area is 125 Å². The topological polar surface area (TPSA) is 136 Å². The van der Waals surface area contributed by atoms with Crippen LogP contribution in [0.2, 0.25) is 0 Å². The average molecular weight is 310 g/mol. The maximum atomic E-state index is 11.7. The zero-order valence-electron chi connectivity index (χ0n) is 11.4. The summed E-state index contributed by atoms with van der Waals surface area (Å²) in [7, 11) is 0. The van der Waals surface area contributed by atoms with Crippen LogP contribution < -0.4 is 22.1 Å². The van der Waals surface area contributed by atoms with Gasteiger partial charge in [-0.3, -0.25) is 9.59 Å². The third-order valence-electron chi connectivity index (χ3n) is 4.34. The first-order chi connectivity index (χ1) is 9.90. The first-order valence-electron chi connectivity index (χ1n) is 6.88. The van der Waals surface area contributed by atoms with Crippen LogP contribution in [-0.2, 0) is 0 Å². The predicted molar refractivity (Wildman–Crippen MR) is 80.3 cm³/mol. The highest BCUT2D eigenvalue weighted by Gasteiger charge is 2.43. The number of hydrogen-bond acceptors (Lipinski definition) is 6. The van der Waals surface area contributed by atoms with Gasteiger partial charge in [0.2, 0.25) is 0 Å². The normalized spacial score (nSPS) is 27.9. The van der Waals surface area contributed by atoms with Gasteiger partial charge in [-0.25, -0.2) is 0 Å². The molecule has 0 saturated carbocycles. The van der Waals surface area contributed by atoms with E-state index in [9.17, 15) is 14.7 Å². The molecule has 2 saturated heterocycles. The van der Waals surface area contributed by atoms with Crippen molar-refractivity contribution in [2.75, 3.05) is 10.6 Å². The number of thiophene rings is 1. The summed E-state index contributed by atoms with van der Waals surface area (Å²) in [4.78, 5) is 25.5. The number of aliphatic hydroxyl groups is 1. The second-order valence-electron chi connectivity index (χ2n) is 5.67. The van der Waals surface area contributed by atoms with E-state index in [1.54, 1.807) is 0 Å². The van der Waals surface area contributed by atoms with Gasteiger partial charge >= 0.3 is 0 Å². The minimum atomic E-state index is -0.657. The van der Waals surface area contributed by atoms with Gasteiger partial charge in [-0.2, -0.15) is 0 Å². The van der Waals surface area contributed by atoms with Crippen LogP contribution in [0.4, 0.5) is 10.7 Å². The summed E-state index contributed by atoms with van der Waals surface area (Å²) in [5.41, 5.74) is 16.9. The molecule has 3 heterocycles. The van der Waals surface area contributed by atoms with E-state index in [0.29, 0.717) is 17.8 Å². The summed E-state index contributed by atoms with van der Waals surface area (Å²) in [6.07, 6.45) is 2.88. The highest BCUT2D eigenvalue weighted by atomic mass is 32.1. The summed E-state index contributed by atoms with van der Waals surface area (Å²) < 4.78 is 0. The van der Waals surface area contributed by atoms with Crippen LogP contribution in [0.15, 0.2) is 0 Å². The quantitative estimate of drug-likeness (QED) is 0.624. The van der Waals surface area contributed by atoms with Crippen molar-refractivity contribution in [2.24, 2.45) is 11.5 Å². The molecule has 0 aliphatic carbocycles. The molecule has 7 N–H and O–H groups in total. The van der Waals surface area contributed by atoms with Crippen LogP contribution in [0.25, 0.3) is 0 Å². The third-order valence-corrected chi connectivity index (χ3v) is 5.57. The van der Waals surface area contributed by atoms with Gasteiger partial charge in [-0.1, -0.05) is 0 Å². The maximum absolute atomic E-state index is 11.7. The third kappa shape index (κ3) is 2.14. The summed E-state index contributed by atoms with van der Waals surface area (Å²) >= 11 is 1.12. The Bertz CT molecular complexity index is 601. The lowest BCUT2D eigenvalue weighted by atomic mass is 9.99. The van der Waals surface area contributed by atoms with Gasteiger partial charge in [0.1, 0.15) is 9.88 Å². The monoisotopic (exact) mass is 310 g/mol. The summed E-state index contributed by atoms with van der Waals surface area (Å²) in [5.74, 6) is -1.31. The molecule has 2 atom stereocenters. The van der Waals surface area contributed by atoms with Crippen molar-refractivity contribution in [3.8, 4) is 0 Å². The lowest BCUT2D eigenvalue weighted by Gasteiger charge is -2.38. The molecule has 21 heavy (non-hydrogen) atoms. The molecule has 2 aliphatic heterocycles. The SMILES string of the molecule is NC(=O)c1sc(N2C3CCC2CC(O)C3)c(C(N)=O)c1N. The van der Waals surface area contributed by atoms with E-state index in [1.807, 2.05) is 0 Å². The molecule has 1 aromatic rings. The molecule has 0 aromatic carbocycles. The second-order valence-corrected chi connectivity index (χ2v) is 6.67. The van der Waals surface area contributed by atoms with Gasteiger partial charge in [-0.15, -0.1) is 11.3 Å². The molecule has 3 rings (SSSR count). The number of nitrogen functional groups attached to an aromatic ring is 1. The number of nitrogens with zero attached hydrogens (tertiary/aromatic N) is 1. The number of nitrogens with two attached hydrogens (primary N) is 3. The molecule has 8 heteroatoms. The molecule has 2 unspecified atom stereocenters. The predicted octanol–water partition coefficient (Wildman–Crippen LogP) is 0.0202. The molecular weight excluding hydrogens is 292 g/mol. The molecule has 1 aromatic heterocycles. The summed E-state index contributed by atoms with van der Waals surface area (Å²) in [6, 6.07) is 0.297. The van der Waals surface area contributed by atoms with Crippen LogP contribution in [-0.4, -0.2) is 35.1 Å². The number of carbonyl (C=O) groups excluding carboxylic acids is 2. The van der Waals surface area contributed by atoms with Crippen molar-refractivity contribution in [2.45, 2.75) is 43.9 Å². The smallest absolute Gasteiger partial charge is 0.260 e. The summed E-state index contributed by atoms with van der Waals surface area (Å²) in [5, 5.41) is 10.5. The van der Waals surface area contributed by atoms with Gasteiger partial charge in [-0.05, 0) is 25.7 Å². The van der Waals surface area contributed by atoms with Crippen LogP contribution in [0.5, 0.6) is 0 Å². The van der Waals surface area contributed by atoms with Gasteiger partial charge in [0.25, 0.3) is 11.8 Å². The largest absolute Gasteiger partial charge is 0.397 e. The molecule has 2 amide bonds. The highest BCUT2D eigenvalue weighted by Crippen LogP contribution is 2.46. The number of piperidine rings is 1.